The lowest BCUT2D eigenvalue weighted by Crippen LogP contribution is -2.28. The summed E-state index contributed by atoms with van der Waals surface area (Å²) >= 11 is 5.77. The maximum Gasteiger partial charge on any atom is 0.255 e. The molecule has 0 saturated carbocycles. The molecule has 94 valence electrons. The molecule has 17 heavy (non-hydrogen) atoms. The average molecular weight is 259 g/mol. The van der Waals surface area contributed by atoms with Gasteiger partial charge in [-0.3, -0.25) is 4.79 Å². The Hall–Kier alpha value is -1.13. The van der Waals surface area contributed by atoms with E-state index < -0.39 is 11.7 Å². The third-order valence-electron chi connectivity index (χ3n) is 2.26. The standard InChI is InChI=1S/C12H16ClFN2O/c1-2-15-7-4-8-16-12(17)11-9(13)5-3-6-10(11)14/h3,5-6,15H,2,4,7-8H2,1H3,(H,16,17). The van der Waals surface area contributed by atoms with Gasteiger partial charge in [0.25, 0.3) is 5.91 Å². The lowest BCUT2D eigenvalue weighted by molar-refractivity contribution is 0.0949. The molecule has 3 nitrogen and oxygen atoms in total. The Morgan fingerprint density at radius 3 is 2.82 bits per heavy atom. The van der Waals surface area contributed by atoms with Crippen LogP contribution in [0.1, 0.15) is 23.7 Å². The summed E-state index contributed by atoms with van der Waals surface area (Å²) in [5, 5.41) is 5.90. The molecular formula is C12H16ClFN2O. The number of hydrogen-bond donors (Lipinski definition) is 2. The first-order valence-corrected chi connectivity index (χ1v) is 5.97. The normalized spacial score (nSPS) is 10.3. The molecule has 0 atom stereocenters. The Bertz CT molecular complexity index is 365. The van der Waals surface area contributed by atoms with Crippen LogP contribution in [0.4, 0.5) is 4.39 Å². The third kappa shape index (κ3) is 4.32. The third-order valence-corrected chi connectivity index (χ3v) is 2.57. The van der Waals surface area contributed by atoms with Crippen LogP contribution in [0.15, 0.2) is 18.2 Å². The zero-order chi connectivity index (χ0) is 12.7. The fourth-order valence-electron chi connectivity index (χ4n) is 1.40. The molecule has 0 bridgehead atoms. The summed E-state index contributed by atoms with van der Waals surface area (Å²) < 4.78 is 13.4. The summed E-state index contributed by atoms with van der Waals surface area (Å²) in [5.74, 6) is -1.06. The van der Waals surface area contributed by atoms with Gasteiger partial charge in [0.1, 0.15) is 5.82 Å². The van der Waals surface area contributed by atoms with Crippen molar-refractivity contribution in [1.82, 2.24) is 10.6 Å². The highest BCUT2D eigenvalue weighted by molar-refractivity contribution is 6.33. The van der Waals surface area contributed by atoms with Crippen LogP contribution in [-0.2, 0) is 0 Å². The van der Waals surface area contributed by atoms with Gasteiger partial charge in [0.2, 0.25) is 0 Å². The first-order chi connectivity index (χ1) is 8.16. The summed E-state index contributed by atoms with van der Waals surface area (Å²) in [6, 6.07) is 4.19. The molecule has 1 rings (SSSR count). The van der Waals surface area contributed by atoms with E-state index in [9.17, 15) is 9.18 Å². The number of benzene rings is 1. The minimum atomic E-state index is -0.596. The zero-order valence-electron chi connectivity index (χ0n) is 9.72. The molecule has 5 heteroatoms. The highest BCUT2D eigenvalue weighted by Gasteiger charge is 2.14. The molecule has 0 fully saturated rings. The van der Waals surface area contributed by atoms with Crippen molar-refractivity contribution in [3.05, 3.63) is 34.6 Å². The summed E-state index contributed by atoms with van der Waals surface area (Å²) in [5.41, 5.74) is -0.0855. The van der Waals surface area contributed by atoms with Crippen LogP contribution in [0.25, 0.3) is 0 Å². The Balaban J connectivity index is 2.47. The molecule has 1 amide bonds. The van der Waals surface area contributed by atoms with Crippen LogP contribution >= 0.6 is 11.6 Å². The number of rotatable bonds is 6. The Labute approximate surface area is 105 Å². The molecule has 0 heterocycles. The van der Waals surface area contributed by atoms with Gasteiger partial charge in [-0.05, 0) is 31.6 Å². The molecule has 0 aromatic heterocycles. The van der Waals surface area contributed by atoms with Crippen molar-refractivity contribution in [2.75, 3.05) is 19.6 Å². The molecule has 0 aliphatic carbocycles. The van der Waals surface area contributed by atoms with Crippen LogP contribution in [0.3, 0.4) is 0 Å². The van der Waals surface area contributed by atoms with E-state index >= 15 is 0 Å². The molecule has 0 saturated heterocycles. The minimum absolute atomic E-state index is 0.0855. The number of carbonyl (C=O) groups is 1. The van der Waals surface area contributed by atoms with Crippen molar-refractivity contribution in [2.45, 2.75) is 13.3 Å². The average Bonchev–Trinajstić information content (AvgIpc) is 2.28. The van der Waals surface area contributed by atoms with Gasteiger partial charge < -0.3 is 10.6 Å². The Kier molecular flexibility index (Phi) is 5.94. The Morgan fingerprint density at radius 2 is 2.18 bits per heavy atom. The fourth-order valence-corrected chi connectivity index (χ4v) is 1.64. The van der Waals surface area contributed by atoms with Gasteiger partial charge in [-0.2, -0.15) is 0 Å². The lowest BCUT2D eigenvalue weighted by atomic mass is 10.2. The molecule has 0 aliphatic heterocycles. The van der Waals surface area contributed by atoms with Crippen molar-refractivity contribution in [3.8, 4) is 0 Å². The number of hydrogen-bond acceptors (Lipinski definition) is 2. The molecule has 0 radical (unpaired) electrons. The zero-order valence-corrected chi connectivity index (χ0v) is 10.5. The van der Waals surface area contributed by atoms with Crippen molar-refractivity contribution in [3.63, 3.8) is 0 Å². The van der Waals surface area contributed by atoms with Crippen LogP contribution in [0.2, 0.25) is 5.02 Å². The number of amides is 1. The predicted molar refractivity (Wildman–Crippen MR) is 66.9 cm³/mol. The van der Waals surface area contributed by atoms with E-state index in [1.54, 1.807) is 0 Å². The van der Waals surface area contributed by atoms with E-state index in [0.29, 0.717) is 6.54 Å². The van der Waals surface area contributed by atoms with Gasteiger partial charge in [-0.25, -0.2) is 4.39 Å². The molecular weight excluding hydrogens is 243 g/mol. The van der Waals surface area contributed by atoms with E-state index in [2.05, 4.69) is 10.6 Å². The highest BCUT2D eigenvalue weighted by Crippen LogP contribution is 2.18. The van der Waals surface area contributed by atoms with Crippen LogP contribution in [0, 0.1) is 5.82 Å². The number of nitrogens with one attached hydrogen (secondary N) is 2. The number of carbonyl (C=O) groups excluding carboxylic acids is 1. The van der Waals surface area contributed by atoms with E-state index in [4.69, 9.17) is 11.6 Å². The first kappa shape index (κ1) is 13.9. The quantitative estimate of drug-likeness (QED) is 0.768. The predicted octanol–water partition coefficient (Wildman–Crippen LogP) is 2.21. The minimum Gasteiger partial charge on any atom is -0.352 e. The largest absolute Gasteiger partial charge is 0.352 e. The maximum atomic E-state index is 13.4. The summed E-state index contributed by atoms with van der Waals surface area (Å²) in [7, 11) is 0. The SMILES string of the molecule is CCNCCCNC(=O)c1c(F)cccc1Cl. The number of halogens is 2. The molecule has 1 aromatic carbocycles. The van der Waals surface area contributed by atoms with E-state index in [1.165, 1.54) is 18.2 Å². The van der Waals surface area contributed by atoms with Gasteiger partial charge in [0.15, 0.2) is 0 Å². The molecule has 1 aromatic rings. The van der Waals surface area contributed by atoms with Gasteiger partial charge in [0.05, 0.1) is 10.6 Å². The van der Waals surface area contributed by atoms with Crippen molar-refractivity contribution >= 4 is 17.5 Å². The fraction of sp³-hybridized carbons (Fsp3) is 0.417. The van der Waals surface area contributed by atoms with Crippen molar-refractivity contribution < 1.29 is 9.18 Å². The molecule has 2 N–H and O–H groups in total. The summed E-state index contributed by atoms with van der Waals surface area (Å²) in [6.45, 7) is 4.23. The van der Waals surface area contributed by atoms with Gasteiger partial charge >= 0.3 is 0 Å². The maximum absolute atomic E-state index is 13.4. The van der Waals surface area contributed by atoms with Crippen LogP contribution < -0.4 is 10.6 Å². The van der Waals surface area contributed by atoms with Crippen LogP contribution in [-0.4, -0.2) is 25.5 Å². The van der Waals surface area contributed by atoms with E-state index in [1.807, 2.05) is 6.92 Å². The van der Waals surface area contributed by atoms with Gasteiger partial charge in [-0.1, -0.05) is 24.6 Å². The lowest BCUT2D eigenvalue weighted by Gasteiger charge is -2.07. The Morgan fingerprint density at radius 1 is 1.41 bits per heavy atom. The smallest absolute Gasteiger partial charge is 0.255 e. The second-order valence-corrected chi connectivity index (χ2v) is 3.97. The first-order valence-electron chi connectivity index (χ1n) is 5.59. The van der Waals surface area contributed by atoms with E-state index in [-0.39, 0.29) is 10.6 Å². The summed E-state index contributed by atoms with van der Waals surface area (Å²) in [4.78, 5) is 11.7. The highest BCUT2D eigenvalue weighted by atomic mass is 35.5. The molecule has 0 aliphatic rings. The monoisotopic (exact) mass is 258 g/mol. The molecule has 0 spiro atoms. The van der Waals surface area contributed by atoms with Crippen LogP contribution in [0.5, 0.6) is 0 Å². The second-order valence-electron chi connectivity index (χ2n) is 3.56. The van der Waals surface area contributed by atoms with Crippen molar-refractivity contribution in [1.29, 1.82) is 0 Å². The summed E-state index contributed by atoms with van der Waals surface area (Å²) in [6.07, 6.45) is 0.797. The molecule has 0 unspecified atom stereocenters. The van der Waals surface area contributed by atoms with Gasteiger partial charge in [-0.15, -0.1) is 0 Å². The van der Waals surface area contributed by atoms with Gasteiger partial charge in [0, 0.05) is 6.54 Å². The second kappa shape index (κ2) is 7.25. The van der Waals surface area contributed by atoms with E-state index in [0.717, 1.165) is 19.5 Å². The topological polar surface area (TPSA) is 41.1 Å². The van der Waals surface area contributed by atoms with Crippen molar-refractivity contribution in [2.24, 2.45) is 0 Å².